The maximum absolute atomic E-state index is 12.0. The zero-order valence-corrected chi connectivity index (χ0v) is 11.6. The summed E-state index contributed by atoms with van der Waals surface area (Å²) in [6.07, 6.45) is 6.69. The first-order valence-corrected chi connectivity index (χ1v) is 6.57. The Balaban J connectivity index is 1.81. The van der Waals surface area contributed by atoms with Crippen molar-refractivity contribution < 1.29 is 9.53 Å². The number of hydrogen-bond donors (Lipinski definition) is 2. The summed E-state index contributed by atoms with van der Waals surface area (Å²) in [5.74, 6) is -0.142. The predicted octanol–water partition coefficient (Wildman–Crippen LogP) is 0.353. The number of nitrogens with zero attached hydrogens (tertiary/aromatic N) is 2. The van der Waals surface area contributed by atoms with E-state index >= 15 is 0 Å². The Kier molecular flexibility index (Phi) is 4.21. The molecule has 1 heterocycles. The van der Waals surface area contributed by atoms with Crippen LogP contribution in [0, 0.1) is 5.41 Å². The second-order valence-corrected chi connectivity index (χ2v) is 5.39. The molecule has 0 aromatic carbocycles. The molecule has 0 bridgehead atoms. The van der Waals surface area contributed by atoms with Crippen molar-refractivity contribution in [3.63, 3.8) is 0 Å². The number of rotatable bonds is 7. The average molecular weight is 266 g/mol. The lowest BCUT2D eigenvalue weighted by Crippen LogP contribution is -2.37. The van der Waals surface area contributed by atoms with Crippen LogP contribution in [0.2, 0.25) is 0 Å². The highest BCUT2D eigenvalue weighted by molar-refractivity contribution is 5.82. The molecule has 2 rings (SSSR count). The Hall–Kier alpha value is -1.40. The van der Waals surface area contributed by atoms with Crippen molar-refractivity contribution in [2.24, 2.45) is 18.2 Å². The van der Waals surface area contributed by atoms with Crippen LogP contribution in [0.5, 0.6) is 0 Å². The number of methoxy groups -OCH3 is 1. The summed E-state index contributed by atoms with van der Waals surface area (Å²) < 4.78 is 6.74. The minimum atomic E-state index is -0.646. The Morgan fingerprint density at radius 3 is 2.95 bits per heavy atom. The monoisotopic (exact) mass is 266 g/mol. The van der Waals surface area contributed by atoms with Gasteiger partial charge in [-0.3, -0.25) is 9.48 Å². The molecule has 1 aromatic heterocycles. The van der Waals surface area contributed by atoms with Crippen LogP contribution in [0.1, 0.15) is 30.9 Å². The zero-order valence-electron chi connectivity index (χ0n) is 11.6. The fourth-order valence-electron chi connectivity index (χ4n) is 2.15. The van der Waals surface area contributed by atoms with Gasteiger partial charge in [-0.25, -0.2) is 0 Å². The largest absolute Gasteiger partial charge is 0.385 e. The Morgan fingerprint density at radius 2 is 2.42 bits per heavy atom. The number of aryl methyl sites for hydroxylation is 1. The van der Waals surface area contributed by atoms with Gasteiger partial charge in [-0.15, -0.1) is 0 Å². The first-order chi connectivity index (χ1) is 9.06. The number of carbonyl (C=O) groups is 1. The summed E-state index contributed by atoms with van der Waals surface area (Å²) in [5.41, 5.74) is 6.89. The Bertz CT molecular complexity index is 440. The first-order valence-electron chi connectivity index (χ1n) is 6.57. The summed E-state index contributed by atoms with van der Waals surface area (Å²) in [6.45, 7) is 1.42. The van der Waals surface area contributed by atoms with Crippen molar-refractivity contribution in [1.82, 2.24) is 15.1 Å². The van der Waals surface area contributed by atoms with E-state index in [1.165, 1.54) is 0 Å². The van der Waals surface area contributed by atoms with Crippen LogP contribution >= 0.6 is 0 Å². The third kappa shape index (κ3) is 3.54. The van der Waals surface area contributed by atoms with Crippen molar-refractivity contribution in [3.05, 3.63) is 18.0 Å². The molecule has 1 aromatic rings. The van der Waals surface area contributed by atoms with E-state index in [0.29, 0.717) is 6.54 Å². The van der Waals surface area contributed by atoms with Gasteiger partial charge < -0.3 is 15.8 Å². The Morgan fingerprint density at radius 1 is 1.68 bits per heavy atom. The average Bonchev–Trinajstić information content (AvgIpc) is 3.06. The number of ether oxygens (including phenoxy) is 1. The summed E-state index contributed by atoms with van der Waals surface area (Å²) in [6, 6.07) is -0.646. The molecule has 1 fully saturated rings. The molecular formula is C13H22N4O2. The van der Waals surface area contributed by atoms with E-state index in [-0.39, 0.29) is 11.3 Å². The Labute approximate surface area is 113 Å². The van der Waals surface area contributed by atoms with E-state index < -0.39 is 6.04 Å². The molecule has 0 saturated heterocycles. The van der Waals surface area contributed by atoms with Crippen molar-refractivity contribution in [3.8, 4) is 0 Å². The van der Waals surface area contributed by atoms with Crippen LogP contribution in [0.3, 0.4) is 0 Å². The maximum atomic E-state index is 12.0. The number of amides is 1. The molecule has 3 N–H and O–H groups in total. The van der Waals surface area contributed by atoms with Crippen LogP contribution in [0.15, 0.2) is 12.4 Å². The molecule has 1 unspecified atom stereocenters. The number of nitrogens with two attached hydrogens (primary N) is 1. The van der Waals surface area contributed by atoms with Gasteiger partial charge in [0, 0.05) is 39.1 Å². The molecule has 0 spiro atoms. The minimum Gasteiger partial charge on any atom is -0.385 e. The van der Waals surface area contributed by atoms with Gasteiger partial charge in [0.15, 0.2) is 0 Å². The lowest BCUT2D eigenvalue weighted by atomic mass is 10.0. The van der Waals surface area contributed by atoms with Gasteiger partial charge >= 0.3 is 0 Å². The molecule has 0 radical (unpaired) electrons. The maximum Gasteiger partial charge on any atom is 0.241 e. The molecule has 19 heavy (non-hydrogen) atoms. The van der Waals surface area contributed by atoms with Crippen LogP contribution in [0.25, 0.3) is 0 Å². The van der Waals surface area contributed by atoms with Crippen molar-refractivity contribution in [1.29, 1.82) is 0 Å². The lowest BCUT2D eigenvalue weighted by molar-refractivity contribution is -0.122. The van der Waals surface area contributed by atoms with Crippen molar-refractivity contribution >= 4 is 5.91 Å². The molecule has 0 aliphatic heterocycles. The van der Waals surface area contributed by atoms with E-state index in [4.69, 9.17) is 10.5 Å². The second-order valence-electron chi connectivity index (χ2n) is 5.39. The highest BCUT2D eigenvalue weighted by atomic mass is 16.5. The van der Waals surface area contributed by atoms with E-state index in [0.717, 1.165) is 31.4 Å². The van der Waals surface area contributed by atoms with Gasteiger partial charge in [0.2, 0.25) is 5.91 Å². The van der Waals surface area contributed by atoms with Gasteiger partial charge in [-0.2, -0.15) is 5.10 Å². The summed E-state index contributed by atoms with van der Waals surface area (Å²) >= 11 is 0. The lowest BCUT2D eigenvalue weighted by Gasteiger charge is -2.17. The molecule has 1 atom stereocenters. The molecule has 1 saturated carbocycles. The fraction of sp³-hybridized carbons (Fsp3) is 0.692. The molecule has 6 heteroatoms. The summed E-state index contributed by atoms with van der Waals surface area (Å²) in [5, 5.41) is 6.97. The summed E-state index contributed by atoms with van der Waals surface area (Å²) in [4.78, 5) is 12.0. The number of nitrogens with one attached hydrogen (secondary N) is 1. The highest BCUT2D eigenvalue weighted by Gasteiger charge is 2.42. The normalized spacial score (nSPS) is 18.1. The topological polar surface area (TPSA) is 82.2 Å². The van der Waals surface area contributed by atoms with Crippen LogP contribution in [-0.4, -0.2) is 35.9 Å². The van der Waals surface area contributed by atoms with Crippen LogP contribution in [0.4, 0.5) is 0 Å². The van der Waals surface area contributed by atoms with Gasteiger partial charge in [0.05, 0.1) is 6.20 Å². The van der Waals surface area contributed by atoms with E-state index in [1.54, 1.807) is 31.2 Å². The molecule has 1 aliphatic rings. The molecule has 1 amide bonds. The van der Waals surface area contributed by atoms with Gasteiger partial charge in [-0.1, -0.05) is 0 Å². The minimum absolute atomic E-state index is 0.142. The fourth-order valence-corrected chi connectivity index (χ4v) is 2.15. The number of aromatic nitrogens is 2. The van der Waals surface area contributed by atoms with Gasteiger partial charge in [0.1, 0.15) is 6.04 Å². The van der Waals surface area contributed by atoms with Gasteiger partial charge in [-0.05, 0) is 24.7 Å². The van der Waals surface area contributed by atoms with E-state index in [9.17, 15) is 4.79 Å². The molecule has 106 valence electrons. The van der Waals surface area contributed by atoms with E-state index in [2.05, 4.69) is 10.4 Å². The van der Waals surface area contributed by atoms with Crippen molar-refractivity contribution in [2.45, 2.75) is 25.3 Å². The first kappa shape index (κ1) is 14.0. The molecule has 1 aliphatic carbocycles. The summed E-state index contributed by atoms with van der Waals surface area (Å²) in [7, 11) is 3.51. The SMILES string of the molecule is COCCC1(CNC(=O)C(N)c2cnn(C)c2)CC1. The number of carbonyl (C=O) groups excluding carboxylic acids is 1. The third-order valence-corrected chi connectivity index (χ3v) is 3.80. The number of hydrogen-bond acceptors (Lipinski definition) is 4. The third-order valence-electron chi connectivity index (χ3n) is 3.80. The molecular weight excluding hydrogens is 244 g/mol. The predicted molar refractivity (Wildman–Crippen MR) is 71.3 cm³/mol. The smallest absolute Gasteiger partial charge is 0.241 e. The van der Waals surface area contributed by atoms with Crippen LogP contribution in [-0.2, 0) is 16.6 Å². The molecule has 6 nitrogen and oxygen atoms in total. The van der Waals surface area contributed by atoms with Crippen molar-refractivity contribution in [2.75, 3.05) is 20.3 Å². The highest BCUT2D eigenvalue weighted by Crippen LogP contribution is 2.48. The zero-order chi connectivity index (χ0) is 13.9. The van der Waals surface area contributed by atoms with E-state index in [1.807, 2.05) is 0 Å². The second kappa shape index (κ2) is 5.71. The van der Waals surface area contributed by atoms with Crippen LogP contribution < -0.4 is 11.1 Å². The quantitative estimate of drug-likeness (QED) is 0.746. The van der Waals surface area contributed by atoms with Gasteiger partial charge in [0.25, 0.3) is 0 Å². The standard InChI is InChI=1S/C13H22N4O2/c1-17-8-10(7-16-17)11(14)12(18)15-9-13(3-4-13)5-6-19-2/h7-8,11H,3-6,9,14H2,1-2H3,(H,15,18).